The summed E-state index contributed by atoms with van der Waals surface area (Å²) in [6, 6.07) is 0. The van der Waals surface area contributed by atoms with Crippen molar-refractivity contribution in [1.29, 1.82) is 0 Å². The predicted octanol–water partition coefficient (Wildman–Crippen LogP) is 2.00. The van der Waals surface area contributed by atoms with E-state index in [-0.39, 0.29) is 40.1 Å². The minimum absolute atomic E-state index is 0. The van der Waals surface area contributed by atoms with Crippen LogP contribution in [-0.2, 0) is 32.7 Å². The molecule has 0 saturated carbocycles. The summed E-state index contributed by atoms with van der Waals surface area (Å²) in [5.41, 5.74) is 0. The third kappa shape index (κ3) is 9.06. The van der Waals surface area contributed by atoms with E-state index in [1.807, 2.05) is 13.8 Å². The first-order valence-corrected chi connectivity index (χ1v) is 3.40. The van der Waals surface area contributed by atoms with E-state index in [0.717, 1.165) is 0 Å². The fraction of sp³-hybridized carbons (Fsp3) is 0.750. The van der Waals surface area contributed by atoms with Crippen LogP contribution in [0.4, 0.5) is 0 Å². The topological polar surface area (TPSA) is 3.24 Å². The summed E-state index contributed by atoms with van der Waals surface area (Å²) in [6.45, 7) is 6.46. The Labute approximate surface area is 91.4 Å². The molecular weight excluding hydrogens is 199 g/mol. The fourth-order valence-corrected chi connectivity index (χ4v) is 0.715. The second-order valence-corrected chi connectivity index (χ2v) is 1.84. The van der Waals surface area contributed by atoms with Crippen LogP contribution in [0.25, 0.3) is 0 Å². The first kappa shape index (κ1) is 17.2. The molecule has 1 radical (unpaired) electrons. The van der Waals surface area contributed by atoms with Crippen LogP contribution in [-0.4, -0.2) is 25.0 Å². The molecule has 0 aromatic heterocycles. The van der Waals surface area contributed by atoms with Crippen LogP contribution in [0.1, 0.15) is 20.3 Å². The molecule has 2 heteroatoms. The molecule has 0 spiro atoms. The first-order chi connectivity index (χ1) is 3.89. The first-order valence-electron chi connectivity index (χ1n) is 3.40. The second-order valence-electron chi connectivity index (χ2n) is 1.84. The molecule has 0 unspecified atom stereocenters. The van der Waals surface area contributed by atoms with Crippen LogP contribution < -0.4 is 0 Å². The maximum atomic E-state index is 2.31. The summed E-state index contributed by atoms with van der Waals surface area (Å²) < 4.78 is 0. The van der Waals surface area contributed by atoms with Crippen LogP contribution in [0.5, 0.6) is 0 Å². The van der Waals surface area contributed by atoms with Crippen LogP contribution in [0.15, 0.2) is 0 Å². The fourth-order valence-electron chi connectivity index (χ4n) is 0.715. The maximum absolute atomic E-state index is 2.31. The molecule has 1 rings (SSSR count). The summed E-state index contributed by atoms with van der Waals surface area (Å²) in [5.74, 6) is 0. The molecule has 0 bridgehead atoms. The van der Waals surface area contributed by atoms with E-state index in [0.29, 0.717) is 0 Å². The van der Waals surface area contributed by atoms with Crippen molar-refractivity contribution >= 4 is 0 Å². The molecular formula is C8H19NY-2. The van der Waals surface area contributed by atoms with Gasteiger partial charge in [-0.1, -0.05) is 13.8 Å². The van der Waals surface area contributed by atoms with Gasteiger partial charge in [-0.25, -0.2) is 0 Å². The molecule has 0 atom stereocenters. The molecule has 1 saturated heterocycles. The van der Waals surface area contributed by atoms with Crippen molar-refractivity contribution < 1.29 is 32.7 Å². The van der Waals surface area contributed by atoms with E-state index in [2.05, 4.69) is 18.4 Å². The Hall–Kier alpha value is 1.06. The van der Waals surface area contributed by atoms with Gasteiger partial charge in [0.05, 0.1) is 0 Å². The average molecular weight is 218 g/mol. The zero-order valence-corrected chi connectivity index (χ0v) is 10.6. The largest absolute Gasteiger partial charge is 0.358 e. The summed E-state index contributed by atoms with van der Waals surface area (Å²) in [5, 5.41) is 0. The molecule has 10 heavy (non-hydrogen) atoms. The smallest absolute Gasteiger partial charge is 0 e. The van der Waals surface area contributed by atoms with Gasteiger partial charge >= 0.3 is 0 Å². The second kappa shape index (κ2) is 12.7. The zero-order valence-electron chi connectivity index (χ0n) is 7.72. The van der Waals surface area contributed by atoms with Gasteiger partial charge in [-0.15, -0.1) is 6.54 Å². The Morgan fingerprint density at radius 1 is 1.30 bits per heavy atom. The van der Waals surface area contributed by atoms with E-state index in [4.69, 9.17) is 0 Å². The van der Waals surface area contributed by atoms with Gasteiger partial charge in [-0.05, 0) is 13.6 Å². The number of hydrogen-bond acceptors (Lipinski definition) is 1. The Kier molecular flexibility index (Phi) is 21.9. The van der Waals surface area contributed by atoms with Crippen molar-refractivity contribution in [2.24, 2.45) is 0 Å². The average Bonchev–Trinajstić information content (AvgIpc) is 2.24. The van der Waals surface area contributed by atoms with E-state index in [1.165, 1.54) is 19.5 Å². The summed E-state index contributed by atoms with van der Waals surface area (Å²) in [6.07, 6.45) is 3.59. The maximum Gasteiger partial charge on any atom is 0 e. The standard InChI is InChI=1S/C5H10N.C2H6.CH3.Y/c1-6-4-2-3-5-6;1-2;;/h2H,3-5H2,1H3;1-2H3;1H3;/q-1;;-1;. The molecule has 1 aliphatic rings. The predicted molar refractivity (Wildman–Crippen MR) is 44.2 cm³/mol. The van der Waals surface area contributed by atoms with Crippen molar-refractivity contribution in [3.8, 4) is 0 Å². The minimum Gasteiger partial charge on any atom is -0.358 e. The van der Waals surface area contributed by atoms with Crippen LogP contribution in [0.3, 0.4) is 0 Å². The van der Waals surface area contributed by atoms with Gasteiger partial charge in [0.15, 0.2) is 0 Å². The van der Waals surface area contributed by atoms with Crippen molar-refractivity contribution in [3.63, 3.8) is 0 Å². The van der Waals surface area contributed by atoms with Gasteiger partial charge in [-0.3, -0.25) is 0 Å². The summed E-state index contributed by atoms with van der Waals surface area (Å²) in [7, 11) is 2.14. The Morgan fingerprint density at radius 3 is 1.90 bits per heavy atom. The molecule has 0 aromatic carbocycles. The van der Waals surface area contributed by atoms with Gasteiger partial charge in [0, 0.05) is 32.7 Å². The molecule has 0 N–H and O–H groups in total. The van der Waals surface area contributed by atoms with Crippen LogP contribution in [0.2, 0.25) is 0 Å². The van der Waals surface area contributed by atoms with Gasteiger partial charge in [0.25, 0.3) is 0 Å². The van der Waals surface area contributed by atoms with Crippen LogP contribution in [0, 0.1) is 13.8 Å². The van der Waals surface area contributed by atoms with Crippen LogP contribution >= 0.6 is 0 Å². The van der Waals surface area contributed by atoms with Gasteiger partial charge in [-0.2, -0.15) is 6.42 Å². The monoisotopic (exact) mass is 218 g/mol. The molecule has 61 valence electrons. The molecule has 0 amide bonds. The van der Waals surface area contributed by atoms with E-state index >= 15 is 0 Å². The zero-order chi connectivity index (χ0) is 6.41. The van der Waals surface area contributed by atoms with Crippen molar-refractivity contribution in [2.75, 3.05) is 20.1 Å². The molecule has 0 aliphatic carbocycles. The quantitative estimate of drug-likeness (QED) is 0.562. The van der Waals surface area contributed by atoms with Crippen molar-refractivity contribution in [3.05, 3.63) is 13.8 Å². The normalized spacial score (nSPS) is 15.9. The summed E-state index contributed by atoms with van der Waals surface area (Å²) >= 11 is 0. The molecule has 1 fully saturated rings. The molecule has 1 aliphatic heterocycles. The number of likely N-dealkylation sites (tertiary alicyclic amines) is 1. The number of hydrogen-bond donors (Lipinski definition) is 0. The molecule has 1 heterocycles. The number of rotatable bonds is 0. The molecule has 1 nitrogen and oxygen atoms in total. The number of nitrogens with zero attached hydrogens (tertiary/aromatic N) is 1. The van der Waals surface area contributed by atoms with E-state index in [9.17, 15) is 0 Å². The third-order valence-electron chi connectivity index (χ3n) is 1.16. The third-order valence-corrected chi connectivity index (χ3v) is 1.16. The molecule has 0 aromatic rings. The van der Waals surface area contributed by atoms with Crippen molar-refractivity contribution in [2.45, 2.75) is 20.3 Å². The summed E-state index contributed by atoms with van der Waals surface area (Å²) in [4.78, 5) is 2.31. The van der Waals surface area contributed by atoms with E-state index < -0.39 is 0 Å². The minimum atomic E-state index is 0. The van der Waals surface area contributed by atoms with Gasteiger partial charge in [0.2, 0.25) is 0 Å². The SMILES string of the molecule is CC.CN1C[CH-]CC1.[CH3-].[Y]. The van der Waals surface area contributed by atoms with E-state index in [1.54, 1.807) is 0 Å². The van der Waals surface area contributed by atoms with Crippen molar-refractivity contribution in [1.82, 2.24) is 4.90 Å². The Balaban J connectivity index is -0.000000114. The van der Waals surface area contributed by atoms with Gasteiger partial charge in [0.1, 0.15) is 0 Å². The van der Waals surface area contributed by atoms with Gasteiger partial charge < -0.3 is 18.7 Å². The Bertz CT molecular complexity index is 42.5. The Morgan fingerprint density at radius 2 is 1.80 bits per heavy atom.